The molecule has 0 unspecified atom stereocenters. The molecule has 0 saturated heterocycles. The van der Waals surface area contributed by atoms with Crippen molar-refractivity contribution in [3.05, 3.63) is 89.4 Å². The van der Waals surface area contributed by atoms with E-state index in [1.54, 1.807) is 48.5 Å². The van der Waals surface area contributed by atoms with Gasteiger partial charge in [-0.1, -0.05) is 48.0 Å². The maximum Gasteiger partial charge on any atom is 0.338 e. The SMILES string of the molecule is O=C(COC(=O)c1cccc(Oc2ccccc2)c1)Nc1ccccc1Cl. The van der Waals surface area contributed by atoms with E-state index in [1.165, 1.54) is 0 Å². The highest BCUT2D eigenvalue weighted by atomic mass is 35.5. The summed E-state index contributed by atoms with van der Waals surface area (Å²) in [5.74, 6) is 0.0502. The number of benzene rings is 3. The average Bonchev–Trinajstić information content (AvgIpc) is 2.69. The number of carbonyl (C=O) groups is 2. The van der Waals surface area contributed by atoms with Gasteiger partial charge >= 0.3 is 5.97 Å². The van der Waals surface area contributed by atoms with Gasteiger partial charge < -0.3 is 14.8 Å². The Morgan fingerprint density at radius 3 is 2.33 bits per heavy atom. The lowest BCUT2D eigenvalue weighted by atomic mass is 10.2. The highest BCUT2D eigenvalue weighted by Gasteiger charge is 2.12. The fourth-order valence-corrected chi connectivity index (χ4v) is 2.46. The van der Waals surface area contributed by atoms with Crippen molar-refractivity contribution in [1.29, 1.82) is 0 Å². The predicted octanol–water partition coefficient (Wildman–Crippen LogP) is 4.93. The van der Waals surface area contributed by atoms with Crippen LogP contribution in [0.2, 0.25) is 5.02 Å². The minimum Gasteiger partial charge on any atom is -0.457 e. The van der Waals surface area contributed by atoms with Crippen molar-refractivity contribution in [1.82, 2.24) is 0 Å². The van der Waals surface area contributed by atoms with Gasteiger partial charge in [-0.25, -0.2) is 4.79 Å². The molecule has 136 valence electrons. The number of para-hydroxylation sites is 2. The maximum absolute atomic E-state index is 12.2. The fraction of sp³-hybridized carbons (Fsp3) is 0.0476. The number of halogens is 1. The second-order valence-electron chi connectivity index (χ2n) is 5.55. The lowest BCUT2D eigenvalue weighted by Crippen LogP contribution is -2.21. The lowest BCUT2D eigenvalue weighted by molar-refractivity contribution is -0.119. The van der Waals surface area contributed by atoms with Crippen LogP contribution in [0.15, 0.2) is 78.9 Å². The molecule has 0 aromatic heterocycles. The zero-order valence-corrected chi connectivity index (χ0v) is 15.0. The van der Waals surface area contributed by atoms with Crippen LogP contribution in [-0.2, 0) is 9.53 Å². The molecule has 3 aromatic rings. The number of amides is 1. The molecule has 0 aliphatic carbocycles. The first-order valence-electron chi connectivity index (χ1n) is 8.16. The van der Waals surface area contributed by atoms with Crippen LogP contribution in [0.1, 0.15) is 10.4 Å². The van der Waals surface area contributed by atoms with Crippen LogP contribution in [0.25, 0.3) is 0 Å². The molecule has 0 bridgehead atoms. The van der Waals surface area contributed by atoms with Gasteiger partial charge in [-0.05, 0) is 42.5 Å². The molecule has 6 heteroatoms. The van der Waals surface area contributed by atoms with E-state index in [0.29, 0.717) is 22.2 Å². The summed E-state index contributed by atoms with van der Waals surface area (Å²) in [6, 6.07) is 22.6. The summed E-state index contributed by atoms with van der Waals surface area (Å²) in [6.07, 6.45) is 0. The molecule has 0 fully saturated rings. The quantitative estimate of drug-likeness (QED) is 0.615. The largest absolute Gasteiger partial charge is 0.457 e. The van der Waals surface area contributed by atoms with E-state index < -0.39 is 18.5 Å². The molecule has 0 aliphatic heterocycles. The summed E-state index contributed by atoms with van der Waals surface area (Å²) in [4.78, 5) is 24.1. The number of esters is 1. The van der Waals surface area contributed by atoms with Crippen molar-refractivity contribution >= 4 is 29.2 Å². The number of hydrogen-bond acceptors (Lipinski definition) is 4. The Morgan fingerprint density at radius 1 is 0.852 bits per heavy atom. The molecular formula is C21H16ClNO4. The highest BCUT2D eigenvalue weighted by molar-refractivity contribution is 6.33. The van der Waals surface area contributed by atoms with Crippen LogP contribution in [0.4, 0.5) is 5.69 Å². The minimum atomic E-state index is -0.622. The Bertz CT molecular complexity index is 944. The molecule has 27 heavy (non-hydrogen) atoms. The zero-order chi connectivity index (χ0) is 19.1. The fourth-order valence-electron chi connectivity index (χ4n) is 2.27. The molecule has 3 aromatic carbocycles. The van der Waals surface area contributed by atoms with E-state index in [9.17, 15) is 9.59 Å². The highest BCUT2D eigenvalue weighted by Crippen LogP contribution is 2.22. The third kappa shape index (κ3) is 5.33. The molecular weight excluding hydrogens is 366 g/mol. The molecule has 0 atom stereocenters. The van der Waals surface area contributed by atoms with Gasteiger partial charge in [-0.3, -0.25) is 4.79 Å². The summed E-state index contributed by atoms with van der Waals surface area (Å²) in [5.41, 5.74) is 0.743. The van der Waals surface area contributed by atoms with Gasteiger partial charge in [-0.2, -0.15) is 0 Å². The monoisotopic (exact) mass is 381 g/mol. The zero-order valence-electron chi connectivity index (χ0n) is 14.2. The average molecular weight is 382 g/mol. The van der Waals surface area contributed by atoms with Crippen molar-refractivity contribution < 1.29 is 19.1 Å². The summed E-state index contributed by atoms with van der Waals surface area (Å²) in [5, 5.41) is 2.99. The van der Waals surface area contributed by atoms with Crippen LogP contribution >= 0.6 is 11.6 Å². The van der Waals surface area contributed by atoms with E-state index in [4.69, 9.17) is 21.1 Å². The minimum absolute atomic E-state index is 0.286. The Labute approximate surface area is 161 Å². The van der Waals surface area contributed by atoms with Crippen LogP contribution in [-0.4, -0.2) is 18.5 Å². The van der Waals surface area contributed by atoms with E-state index in [0.717, 1.165) is 0 Å². The van der Waals surface area contributed by atoms with Crippen molar-refractivity contribution in [2.24, 2.45) is 0 Å². The lowest BCUT2D eigenvalue weighted by Gasteiger charge is -2.09. The van der Waals surface area contributed by atoms with E-state index in [1.807, 2.05) is 30.3 Å². The Morgan fingerprint density at radius 2 is 1.56 bits per heavy atom. The summed E-state index contributed by atoms with van der Waals surface area (Å²) in [7, 11) is 0. The Kier molecular flexibility index (Phi) is 6.07. The van der Waals surface area contributed by atoms with Crippen molar-refractivity contribution in [3.8, 4) is 11.5 Å². The van der Waals surface area contributed by atoms with Gasteiger partial charge in [0.25, 0.3) is 5.91 Å². The number of ether oxygens (including phenoxy) is 2. The number of hydrogen-bond donors (Lipinski definition) is 1. The topological polar surface area (TPSA) is 64.6 Å². The summed E-state index contributed by atoms with van der Waals surface area (Å²) >= 11 is 5.97. The molecule has 0 aliphatic rings. The molecule has 0 spiro atoms. The molecule has 0 heterocycles. The van der Waals surface area contributed by atoms with Gasteiger partial charge in [0.2, 0.25) is 0 Å². The third-order valence-corrected chi connectivity index (χ3v) is 3.86. The predicted molar refractivity (Wildman–Crippen MR) is 103 cm³/mol. The number of nitrogens with one attached hydrogen (secondary N) is 1. The first kappa shape index (κ1) is 18.5. The van der Waals surface area contributed by atoms with Crippen LogP contribution in [0.3, 0.4) is 0 Å². The molecule has 0 saturated carbocycles. The van der Waals surface area contributed by atoms with Crippen molar-refractivity contribution in [3.63, 3.8) is 0 Å². The molecule has 0 radical (unpaired) electrons. The number of anilines is 1. The number of rotatable bonds is 6. The van der Waals surface area contributed by atoms with Gasteiger partial charge in [0.05, 0.1) is 16.3 Å². The normalized spacial score (nSPS) is 10.1. The van der Waals surface area contributed by atoms with E-state index >= 15 is 0 Å². The van der Waals surface area contributed by atoms with Crippen molar-refractivity contribution in [2.75, 3.05) is 11.9 Å². The molecule has 5 nitrogen and oxygen atoms in total. The standard InChI is InChI=1S/C21H16ClNO4/c22-18-11-4-5-12-19(18)23-20(24)14-26-21(25)15-7-6-10-17(13-15)27-16-8-2-1-3-9-16/h1-13H,14H2,(H,23,24). The molecule has 3 rings (SSSR count). The molecule has 1 N–H and O–H groups in total. The first-order valence-corrected chi connectivity index (χ1v) is 8.54. The van der Waals surface area contributed by atoms with Crippen LogP contribution in [0, 0.1) is 0 Å². The van der Waals surface area contributed by atoms with Gasteiger partial charge in [0.15, 0.2) is 6.61 Å². The molecule has 1 amide bonds. The summed E-state index contributed by atoms with van der Waals surface area (Å²) < 4.78 is 10.7. The summed E-state index contributed by atoms with van der Waals surface area (Å²) in [6.45, 7) is -0.423. The number of carbonyl (C=O) groups excluding carboxylic acids is 2. The van der Waals surface area contributed by atoms with Crippen molar-refractivity contribution in [2.45, 2.75) is 0 Å². The maximum atomic E-state index is 12.2. The van der Waals surface area contributed by atoms with Gasteiger partial charge in [-0.15, -0.1) is 0 Å². The Hall–Kier alpha value is -3.31. The third-order valence-electron chi connectivity index (χ3n) is 3.53. The van der Waals surface area contributed by atoms with E-state index in [-0.39, 0.29) is 5.56 Å². The second kappa shape index (κ2) is 8.87. The van der Waals surface area contributed by atoms with Crippen LogP contribution < -0.4 is 10.1 Å². The van der Waals surface area contributed by atoms with E-state index in [2.05, 4.69) is 5.32 Å². The Balaban J connectivity index is 1.57. The van der Waals surface area contributed by atoms with Crippen LogP contribution in [0.5, 0.6) is 11.5 Å². The smallest absolute Gasteiger partial charge is 0.338 e. The second-order valence-corrected chi connectivity index (χ2v) is 5.95. The first-order chi connectivity index (χ1) is 13.1. The van der Waals surface area contributed by atoms with Gasteiger partial charge in [0.1, 0.15) is 11.5 Å². The van der Waals surface area contributed by atoms with Gasteiger partial charge in [0, 0.05) is 0 Å².